The third kappa shape index (κ3) is 7.58. The van der Waals surface area contributed by atoms with Crippen LogP contribution < -0.4 is 0 Å². The number of ether oxygens (including phenoxy) is 3. The first-order chi connectivity index (χ1) is 34.2. The Balaban J connectivity index is 0.000000112. The summed E-state index contributed by atoms with van der Waals surface area (Å²) >= 11 is 0. The van der Waals surface area contributed by atoms with Crippen LogP contribution in [0.1, 0.15) is 164 Å². The van der Waals surface area contributed by atoms with Crippen LogP contribution in [0.15, 0.2) is 37.0 Å². The monoisotopic (exact) mass is 990 g/mol. The van der Waals surface area contributed by atoms with Crippen molar-refractivity contribution in [3.63, 3.8) is 0 Å². The standard InChI is InChI=1S/C22H29NO3.C22H31NO3.C16H23NO3/c1-11(2)21(25)26-19-15-6-16-17(7-15)20(24)23(18(16)19)22-8-12-3-13(9-22)5-14(4-12)10-22;1-3-16-8-17-9-18(20(16)26-19(24)4-2)23(21(17)25)22-10-13-5-14(11-22)7-15(6-13)12-22;1-8(2)15(19)20-13-9-6-10-11(7-9)14(18)17(12(10)13)16(3,4)5/h12-19H,1,3-10H2,2H3;4,13-18,20H,2-3,5-12H2,1H3;9-13H,1,6-7H2,2-5H3. The summed E-state index contributed by atoms with van der Waals surface area (Å²) < 4.78 is 17.5. The summed E-state index contributed by atoms with van der Waals surface area (Å²) in [4.78, 5) is 82.2. The number of amides is 3. The first-order valence-electron chi connectivity index (χ1n) is 28.7. The van der Waals surface area contributed by atoms with Gasteiger partial charge in [-0.1, -0.05) is 26.7 Å². The summed E-state index contributed by atoms with van der Waals surface area (Å²) in [7, 11) is 0. The van der Waals surface area contributed by atoms with E-state index in [4.69, 9.17) is 14.2 Å². The maximum atomic E-state index is 13.5. The van der Waals surface area contributed by atoms with Crippen LogP contribution in [0, 0.1) is 82.9 Å². The smallest absolute Gasteiger partial charge is 0.333 e. The Bertz CT molecular complexity index is 2280. The second-order valence-corrected chi connectivity index (χ2v) is 27.9. The van der Waals surface area contributed by atoms with Gasteiger partial charge < -0.3 is 28.9 Å². The fourth-order valence-electron chi connectivity index (χ4n) is 20.8. The van der Waals surface area contributed by atoms with Crippen LogP contribution >= 0.6 is 0 Å². The van der Waals surface area contributed by atoms with E-state index >= 15 is 0 Å². The molecular weight excluding hydrogens is 907 g/mol. The number of fused-ring (bicyclic) bond motifs is 4. The molecule has 3 saturated heterocycles. The summed E-state index contributed by atoms with van der Waals surface area (Å²) in [6.45, 7) is 22.7. The molecule has 12 nitrogen and oxygen atoms in total. The van der Waals surface area contributed by atoms with E-state index in [2.05, 4.69) is 57.2 Å². The van der Waals surface area contributed by atoms with E-state index in [9.17, 15) is 28.8 Å². The van der Waals surface area contributed by atoms with Crippen molar-refractivity contribution in [1.29, 1.82) is 0 Å². The van der Waals surface area contributed by atoms with Crippen molar-refractivity contribution in [2.24, 2.45) is 82.9 Å². The molecule has 0 N–H and O–H groups in total. The van der Waals surface area contributed by atoms with Crippen LogP contribution in [0.2, 0.25) is 0 Å². The van der Waals surface area contributed by atoms with Gasteiger partial charge in [-0.15, -0.1) is 0 Å². The van der Waals surface area contributed by atoms with Gasteiger partial charge in [0.05, 0.1) is 18.1 Å². The highest BCUT2D eigenvalue weighted by atomic mass is 16.6. The van der Waals surface area contributed by atoms with Crippen molar-refractivity contribution in [3.8, 4) is 0 Å². The first-order valence-corrected chi connectivity index (χ1v) is 28.7. The summed E-state index contributed by atoms with van der Waals surface area (Å²) in [5, 5.41) is 0. The summed E-state index contributed by atoms with van der Waals surface area (Å²) in [5.74, 6) is 7.30. The van der Waals surface area contributed by atoms with Gasteiger partial charge in [-0.05, 0) is 222 Å². The van der Waals surface area contributed by atoms with Gasteiger partial charge in [-0.3, -0.25) is 14.4 Å². The quantitative estimate of drug-likeness (QED) is 0.126. The maximum absolute atomic E-state index is 13.5. The topological polar surface area (TPSA) is 140 Å². The molecule has 3 amide bonds. The predicted octanol–water partition coefficient (Wildman–Crippen LogP) is 9.15. The summed E-state index contributed by atoms with van der Waals surface area (Å²) in [6.07, 6.45) is 22.9. The normalized spacial score (nSPS) is 47.4. The molecular formula is C60H83N3O9. The molecule has 3 heterocycles. The molecule has 14 bridgehead atoms. The number of hydrogen-bond acceptors (Lipinski definition) is 9. The number of carbonyl (C=O) groups is 6. The molecule has 16 rings (SSSR count). The molecule has 0 aromatic rings. The number of hydrogen-bond donors (Lipinski definition) is 0. The van der Waals surface area contributed by atoms with Crippen molar-refractivity contribution < 1.29 is 43.0 Å². The average Bonchev–Trinajstić information content (AvgIpc) is 4.17. The highest BCUT2D eigenvalue weighted by molar-refractivity contribution is 5.89. The predicted molar refractivity (Wildman–Crippen MR) is 269 cm³/mol. The number of rotatable bonds is 9. The minimum absolute atomic E-state index is 0.0622. The van der Waals surface area contributed by atoms with Crippen molar-refractivity contribution >= 4 is 35.6 Å². The Labute approximate surface area is 428 Å². The third-order valence-electron chi connectivity index (χ3n) is 22.2. The third-order valence-corrected chi connectivity index (χ3v) is 22.2. The highest BCUT2D eigenvalue weighted by Gasteiger charge is 2.70. The molecule has 13 saturated carbocycles. The molecule has 0 spiro atoms. The van der Waals surface area contributed by atoms with Crippen LogP contribution in [0.25, 0.3) is 0 Å². The van der Waals surface area contributed by atoms with Gasteiger partial charge in [0.2, 0.25) is 17.7 Å². The zero-order chi connectivity index (χ0) is 50.7. The van der Waals surface area contributed by atoms with E-state index in [0.717, 1.165) is 80.5 Å². The van der Waals surface area contributed by atoms with E-state index in [1.807, 2.05) is 4.90 Å². The van der Waals surface area contributed by atoms with Crippen molar-refractivity contribution in [3.05, 3.63) is 37.0 Å². The van der Waals surface area contributed by atoms with E-state index < -0.39 is 0 Å². The lowest BCUT2D eigenvalue weighted by atomic mass is 9.52. The first kappa shape index (κ1) is 48.9. The molecule has 12 heteroatoms. The van der Waals surface area contributed by atoms with Gasteiger partial charge in [0.1, 0.15) is 18.3 Å². The number of esters is 3. The van der Waals surface area contributed by atoms with E-state index in [1.165, 1.54) is 83.1 Å². The van der Waals surface area contributed by atoms with Gasteiger partial charge >= 0.3 is 17.9 Å². The Morgan fingerprint density at radius 1 is 0.583 bits per heavy atom. The number of carbonyl (C=O) groups excluding carboxylic acids is 6. The second kappa shape index (κ2) is 17.3. The van der Waals surface area contributed by atoms with Gasteiger partial charge in [0, 0.05) is 51.6 Å². The van der Waals surface area contributed by atoms with Gasteiger partial charge in [-0.2, -0.15) is 0 Å². The Kier molecular flexibility index (Phi) is 11.8. The zero-order valence-electron chi connectivity index (χ0n) is 44.2. The van der Waals surface area contributed by atoms with E-state index in [1.54, 1.807) is 13.8 Å². The summed E-state index contributed by atoms with van der Waals surface area (Å²) in [6, 6.07) is 0.298. The Morgan fingerprint density at radius 3 is 1.47 bits per heavy atom. The van der Waals surface area contributed by atoms with Crippen LogP contribution in [0.4, 0.5) is 0 Å². The van der Waals surface area contributed by atoms with Crippen LogP contribution in [0.3, 0.4) is 0 Å². The largest absolute Gasteiger partial charge is 0.457 e. The Morgan fingerprint density at radius 2 is 1.03 bits per heavy atom. The van der Waals surface area contributed by atoms with E-state index in [-0.39, 0.29) is 94.6 Å². The van der Waals surface area contributed by atoms with Crippen molar-refractivity contribution in [2.45, 2.75) is 217 Å². The molecule has 16 aliphatic rings. The molecule has 0 aromatic heterocycles. The molecule has 3 aliphatic heterocycles. The minimum Gasteiger partial charge on any atom is -0.457 e. The van der Waals surface area contributed by atoms with Crippen molar-refractivity contribution in [1.82, 2.24) is 14.7 Å². The van der Waals surface area contributed by atoms with E-state index in [0.29, 0.717) is 52.6 Å². The van der Waals surface area contributed by atoms with Crippen LogP contribution in [0.5, 0.6) is 0 Å². The second-order valence-electron chi connectivity index (χ2n) is 27.9. The molecule has 14 atom stereocenters. The minimum atomic E-state index is -0.336. The van der Waals surface area contributed by atoms with Gasteiger partial charge in [-0.25, -0.2) is 14.4 Å². The average molecular weight is 990 g/mol. The van der Waals surface area contributed by atoms with Gasteiger partial charge in [0.15, 0.2) is 0 Å². The molecule has 13 aliphatic carbocycles. The fraction of sp³-hybridized carbons (Fsp3) is 0.800. The van der Waals surface area contributed by atoms with Crippen molar-refractivity contribution in [2.75, 3.05) is 0 Å². The summed E-state index contributed by atoms with van der Waals surface area (Å²) in [5.41, 5.74) is 0.816. The lowest BCUT2D eigenvalue weighted by molar-refractivity contribution is -0.165. The lowest BCUT2D eigenvalue weighted by Crippen LogP contribution is -2.64. The molecule has 72 heavy (non-hydrogen) atoms. The van der Waals surface area contributed by atoms with Gasteiger partial charge in [0.25, 0.3) is 0 Å². The molecule has 0 radical (unpaired) electrons. The number of nitrogens with zero attached hydrogens (tertiary/aromatic N) is 3. The molecule has 14 unspecified atom stereocenters. The fourth-order valence-corrected chi connectivity index (χ4v) is 20.8. The van der Waals surface area contributed by atoms with Crippen LogP contribution in [-0.2, 0) is 43.0 Å². The Hall–Kier alpha value is -3.96. The molecule has 392 valence electrons. The maximum Gasteiger partial charge on any atom is 0.333 e. The van der Waals surface area contributed by atoms with Crippen LogP contribution in [-0.4, -0.2) is 103 Å². The SMILES string of the molecule is C=C(C)C(=O)OC1C2CC3C(=O)N(C(C)(C)C)C1C3C2.C=C(C)C(=O)OC1C2CC3C(=O)N(C45CC6CC(CC(C6)C4)C5)C1C3C2.C=CC(=O)OC1C(CC)CC2CC1N(C13CC4CC(CC(C4)C1)C3)C2=O. The zero-order valence-corrected chi connectivity index (χ0v) is 44.2. The lowest BCUT2D eigenvalue weighted by Gasteiger charge is -2.61. The molecule has 16 fully saturated rings. The molecule has 0 aromatic carbocycles. The highest BCUT2D eigenvalue weighted by Crippen LogP contribution is 2.65. The number of likely N-dealkylation sites (tertiary alicyclic amines) is 3.